The average Bonchev–Trinajstić information content (AvgIpc) is 2.75. The zero-order chi connectivity index (χ0) is 20.2. The Balaban J connectivity index is 1.76. The van der Waals surface area contributed by atoms with E-state index in [0.29, 0.717) is 12.8 Å². The number of halogens is 3. The summed E-state index contributed by atoms with van der Waals surface area (Å²) in [4.78, 5) is 38.8. The van der Waals surface area contributed by atoms with Crippen molar-refractivity contribution in [3.05, 3.63) is 29.8 Å². The predicted octanol–water partition coefficient (Wildman–Crippen LogP) is 3.46. The molecule has 1 aliphatic carbocycles. The predicted molar refractivity (Wildman–Crippen MR) is 91.4 cm³/mol. The van der Waals surface area contributed by atoms with E-state index in [0.717, 1.165) is 17.0 Å². The molecule has 1 heterocycles. The molecule has 1 aromatic rings. The minimum atomic E-state index is -4.53. The van der Waals surface area contributed by atoms with E-state index < -0.39 is 40.9 Å². The van der Waals surface area contributed by atoms with Crippen LogP contribution in [0.1, 0.15) is 39.2 Å². The number of rotatable bonds is 3. The summed E-state index contributed by atoms with van der Waals surface area (Å²) in [6, 6.07) is 4.21. The first kappa shape index (κ1) is 19.4. The van der Waals surface area contributed by atoms with Gasteiger partial charge in [0.25, 0.3) is 0 Å². The number of piperidine rings is 1. The summed E-state index contributed by atoms with van der Waals surface area (Å²) in [5.41, 5.74) is -2.16. The second kappa shape index (κ2) is 6.07. The summed E-state index contributed by atoms with van der Waals surface area (Å²) in [5.74, 6) is -1.84. The lowest BCUT2D eigenvalue weighted by Crippen LogP contribution is -2.60. The molecule has 146 valence electrons. The first-order valence-corrected chi connectivity index (χ1v) is 8.71. The average molecular weight is 382 g/mol. The highest BCUT2D eigenvalue weighted by Gasteiger charge is 2.64. The fourth-order valence-electron chi connectivity index (χ4n) is 4.17. The summed E-state index contributed by atoms with van der Waals surface area (Å²) in [5, 5.41) is 2.34. The van der Waals surface area contributed by atoms with Crippen molar-refractivity contribution in [2.75, 3.05) is 11.9 Å². The van der Waals surface area contributed by atoms with Crippen LogP contribution in [0.3, 0.4) is 0 Å². The Labute approximate surface area is 154 Å². The van der Waals surface area contributed by atoms with Gasteiger partial charge in [-0.1, -0.05) is 26.8 Å². The maximum atomic E-state index is 12.9. The van der Waals surface area contributed by atoms with E-state index in [4.69, 9.17) is 0 Å². The monoisotopic (exact) mass is 382 g/mol. The van der Waals surface area contributed by atoms with Crippen molar-refractivity contribution in [2.24, 2.45) is 16.7 Å². The maximum Gasteiger partial charge on any atom is 0.416 e. The number of benzene rings is 1. The Morgan fingerprint density at radius 1 is 1.26 bits per heavy atom. The molecule has 2 fully saturated rings. The van der Waals surface area contributed by atoms with Crippen molar-refractivity contribution in [1.82, 2.24) is 4.90 Å². The minimum absolute atomic E-state index is 0.0405. The normalized spacial score (nSPS) is 27.0. The second-order valence-electron chi connectivity index (χ2n) is 8.00. The molecule has 0 radical (unpaired) electrons. The Hall–Kier alpha value is -2.38. The molecule has 1 saturated carbocycles. The topological polar surface area (TPSA) is 66.5 Å². The van der Waals surface area contributed by atoms with Gasteiger partial charge in [-0.3, -0.25) is 19.3 Å². The smallest absolute Gasteiger partial charge is 0.325 e. The molecule has 1 aromatic carbocycles. The number of imide groups is 1. The molecule has 1 saturated heterocycles. The van der Waals surface area contributed by atoms with Crippen LogP contribution in [0.5, 0.6) is 0 Å². The number of likely N-dealkylation sites (tertiary alicyclic amines) is 1. The van der Waals surface area contributed by atoms with Gasteiger partial charge in [-0.05, 0) is 36.5 Å². The number of nitrogens with zero attached hydrogens (tertiary/aromatic N) is 1. The first-order chi connectivity index (χ1) is 12.4. The second-order valence-corrected chi connectivity index (χ2v) is 8.00. The van der Waals surface area contributed by atoms with Crippen molar-refractivity contribution < 1.29 is 27.6 Å². The molecule has 2 bridgehead atoms. The molecule has 2 aliphatic rings. The van der Waals surface area contributed by atoms with E-state index in [1.54, 1.807) is 6.92 Å². The van der Waals surface area contributed by atoms with Crippen LogP contribution in [0.2, 0.25) is 0 Å². The fourth-order valence-corrected chi connectivity index (χ4v) is 4.17. The molecule has 3 rings (SSSR count). The quantitative estimate of drug-likeness (QED) is 0.815. The third-order valence-corrected chi connectivity index (χ3v) is 6.28. The molecule has 2 atom stereocenters. The number of anilines is 1. The van der Waals surface area contributed by atoms with E-state index in [-0.39, 0.29) is 17.5 Å². The van der Waals surface area contributed by atoms with Crippen molar-refractivity contribution in [3.63, 3.8) is 0 Å². The van der Waals surface area contributed by atoms with Gasteiger partial charge in [0.2, 0.25) is 17.7 Å². The van der Waals surface area contributed by atoms with Gasteiger partial charge in [0.15, 0.2) is 0 Å². The van der Waals surface area contributed by atoms with Crippen LogP contribution in [0.25, 0.3) is 0 Å². The summed E-state index contributed by atoms with van der Waals surface area (Å²) < 4.78 is 38.3. The largest absolute Gasteiger partial charge is 0.416 e. The third kappa shape index (κ3) is 3.00. The van der Waals surface area contributed by atoms with Crippen LogP contribution in [0, 0.1) is 16.7 Å². The zero-order valence-electron chi connectivity index (χ0n) is 15.3. The Morgan fingerprint density at radius 3 is 2.56 bits per heavy atom. The number of carbonyl (C=O) groups excluding carboxylic acids is 3. The molecule has 1 aliphatic heterocycles. The van der Waals surface area contributed by atoms with Gasteiger partial charge in [0, 0.05) is 11.6 Å². The Kier molecular flexibility index (Phi) is 4.36. The SMILES string of the molecule is CC12CCC(C(=O)N(CC(=O)Nc3cccc(C(F)(F)F)c3)C1=O)C2(C)C. The lowest BCUT2D eigenvalue weighted by molar-refractivity contribution is -0.168. The zero-order valence-corrected chi connectivity index (χ0v) is 15.3. The van der Waals surface area contributed by atoms with Crippen molar-refractivity contribution >= 4 is 23.4 Å². The minimum Gasteiger partial charge on any atom is -0.325 e. The number of hydrogen-bond donors (Lipinski definition) is 1. The Bertz CT molecular complexity index is 819. The molecule has 8 heteroatoms. The molecule has 0 spiro atoms. The lowest BCUT2D eigenvalue weighted by atomic mass is 9.62. The number of hydrogen-bond acceptors (Lipinski definition) is 3. The molecule has 0 aromatic heterocycles. The number of carbonyl (C=O) groups is 3. The molecule has 27 heavy (non-hydrogen) atoms. The van der Waals surface area contributed by atoms with Gasteiger partial charge in [0.05, 0.1) is 11.0 Å². The first-order valence-electron chi connectivity index (χ1n) is 8.71. The van der Waals surface area contributed by atoms with Crippen LogP contribution < -0.4 is 5.32 Å². The van der Waals surface area contributed by atoms with Gasteiger partial charge in [-0.15, -0.1) is 0 Å². The fraction of sp³-hybridized carbons (Fsp3) is 0.526. The number of amides is 3. The van der Waals surface area contributed by atoms with Crippen LogP contribution >= 0.6 is 0 Å². The number of alkyl halides is 3. The van der Waals surface area contributed by atoms with Crippen LogP contribution in [0.4, 0.5) is 18.9 Å². The van der Waals surface area contributed by atoms with Gasteiger partial charge in [-0.2, -0.15) is 13.2 Å². The van der Waals surface area contributed by atoms with Crippen LogP contribution in [-0.4, -0.2) is 29.2 Å². The highest BCUT2D eigenvalue weighted by Crippen LogP contribution is 2.59. The molecule has 2 unspecified atom stereocenters. The summed E-state index contributed by atoms with van der Waals surface area (Å²) in [6.07, 6.45) is -3.38. The lowest BCUT2D eigenvalue weighted by Gasteiger charge is -2.47. The van der Waals surface area contributed by atoms with E-state index in [1.165, 1.54) is 12.1 Å². The number of fused-ring (bicyclic) bond motifs is 2. The van der Waals surface area contributed by atoms with E-state index in [2.05, 4.69) is 5.32 Å². The Morgan fingerprint density at radius 2 is 1.93 bits per heavy atom. The van der Waals surface area contributed by atoms with Crippen molar-refractivity contribution in [1.29, 1.82) is 0 Å². The highest BCUT2D eigenvalue weighted by atomic mass is 19.4. The molecular formula is C19H21F3N2O3. The van der Waals surface area contributed by atoms with E-state index in [1.807, 2.05) is 13.8 Å². The summed E-state index contributed by atoms with van der Waals surface area (Å²) in [7, 11) is 0. The molecule has 1 N–H and O–H groups in total. The van der Waals surface area contributed by atoms with Crippen molar-refractivity contribution in [2.45, 2.75) is 39.8 Å². The highest BCUT2D eigenvalue weighted by molar-refractivity contribution is 6.07. The van der Waals surface area contributed by atoms with E-state index in [9.17, 15) is 27.6 Å². The van der Waals surface area contributed by atoms with Crippen LogP contribution in [-0.2, 0) is 20.6 Å². The standard InChI is InChI=1S/C19H21F3N2O3/c1-17(2)13-7-8-18(17,3)16(27)24(15(13)26)10-14(25)23-12-6-4-5-11(9-12)19(20,21)22/h4-6,9,13H,7-8,10H2,1-3H3,(H,23,25). The molecule has 3 amide bonds. The number of nitrogens with one attached hydrogen (secondary N) is 1. The van der Waals surface area contributed by atoms with Crippen LogP contribution in [0.15, 0.2) is 24.3 Å². The van der Waals surface area contributed by atoms with Gasteiger partial charge in [0.1, 0.15) is 6.54 Å². The molecule has 5 nitrogen and oxygen atoms in total. The van der Waals surface area contributed by atoms with Gasteiger partial charge >= 0.3 is 6.18 Å². The van der Waals surface area contributed by atoms with Gasteiger partial charge in [-0.25, -0.2) is 0 Å². The summed E-state index contributed by atoms with van der Waals surface area (Å²) >= 11 is 0. The maximum absolute atomic E-state index is 12.9. The van der Waals surface area contributed by atoms with Crippen molar-refractivity contribution in [3.8, 4) is 0 Å². The summed E-state index contributed by atoms with van der Waals surface area (Å²) in [6.45, 7) is 5.08. The third-order valence-electron chi connectivity index (χ3n) is 6.28. The molecular weight excluding hydrogens is 361 g/mol. The van der Waals surface area contributed by atoms with E-state index >= 15 is 0 Å². The van der Waals surface area contributed by atoms with Gasteiger partial charge < -0.3 is 5.32 Å².